The molecule has 0 aliphatic carbocycles. The molecule has 0 fully saturated rings. The van der Waals surface area contributed by atoms with Crippen molar-refractivity contribution in [2.75, 3.05) is 5.32 Å². The third-order valence-electron chi connectivity index (χ3n) is 2.60. The Hall–Kier alpha value is -2.84. The Labute approximate surface area is 130 Å². The summed E-state index contributed by atoms with van der Waals surface area (Å²) in [5, 5.41) is 13.1. The molecule has 0 aliphatic rings. The van der Waals surface area contributed by atoms with Gasteiger partial charge in [0, 0.05) is 12.0 Å². The lowest BCUT2D eigenvalue weighted by atomic mass is 10.2. The van der Waals surface area contributed by atoms with E-state index in [-0.39, 0.29) is 24.1 Å². The van der Waals surface area contributed by atoms with Gasteiger partial charge in [0.25, 0.3) is 11.8 Å². The number of rotatable bonds is 6. The number of nitrogens with zero attached hydrogens (tertiary/aromatic N) is 3. The summed E-state index contributed by atoms with van der Waals surface area (Å²) in [5.74, 6) is -1.58. The second kappa shape index (κ2) is 7.43. The lowest BCUT2D eigenvalue weighted by molar-refractivity contribution is -0.110. The predicted octanol–water partition coefficient (Wildman–Crippen LogP) is 2.61. The van der Waals surface area contributed by atoms with Crippen LogP contribution in [0.1, 0.15) is 31.5 Å². The van der Waals surface area contributed by atoms with E-state index in [1.165, 1.54) is 0 Å². The summed E-state index contributed by atoms with van der Waals surface area (Å²) < 4.78 is 31.3. The van der Waals surface area contributed by atoms with Crippen molar-refractivity contribution in [1.82, 2.24) is 10.2 Å². The van der Waals surface area contributed by atoms with Crippen LogP contribution in [0.5, 0.6) is 0 Å². The summed E-state index contributed by atoms with van der Waals surface area (Å²) in [5.41, 5.74) is -0.165. The normalized spacial score (nSPS) is 11.2. The van der Waals surface area contributed by atoms with Crippen LogP contribution < -0.4 is 5.32 Å². The molecule has 0 saturated heterocycles. The van der Waals surface area contributed by atoms with Crippen molar-refractivity contribution in [2.45, 2.75) is 26.4 Å². The largest absolute Gasteiger partial charge is 0.421 e. The van der Waals surface area contributed by atoms with Crippen molar-refractivity contribution in [2.24, 2.45) is 5.16 Å². The zero-order valence-corrected chi connectivity index (χ0v) is 12.4. The van der Waals surface area contributed by atoms with Crippen molar-refractivity contribution in [3.63, 3.8) is 0 Å². The molecule has 0 atom stereocenters. The molecule has 2 aromatic rings. The van der Waals surface area contributed by atoms with Gasteiger partial charge in [0.05, 0.1) is 5.69 Å². The number of carbonyl (C=O) groups is 1. The number of anilines is 1. The Morgan fingerprint density at radius 1 is 1.43 bits per heavy atom. The van der Waals surface area contributed by atoms with E-state index >= 15 is 0 Å². The van der Waals surface area contributed by atoms with Crippen LogP contribution in [0.25, 0.3) is 0 Å². The number of amides is 1. The van der Waals surface area contributed by atoms with Crippen molar-refractivity contribution < 1.29 is 22.8 Å². The number of nitrogens with one attached hydrogen (secondary N) is 1. The SMILES string of the molecule is CC(C)c1nnc(CON=CC(=O)Nc2ccc(F)cc2F)o1. The number of carbonyl (C=O) groups excluding carboxylic acids is 1. The Morgan fingerprint density at radius 2 is 2.22 bits per heavy atom. The summed E-state index contributed by atoms with van der Waals surface area (Å²) in [7, 11) is 0. The van der Waals surface area contributed by atoms with Crippen LogP contribution in [0.3, 0.4) is 0 Å². The van der Waals surface area contributed by atoms with Gasteiger partial charge in [0.2, 0.25) is 5.89 Å². The fraction of sp³-hybridized carbons (Fsp3) is 0.286. The lowest BCUT2D eigenvalue weighted by Gasteiger charge is -2.02. The number of hydrogen-bond donors (Lipinski definition) is 1. The molecule has 0 spiro atoms. The molecule has 2 rings (SSSR count). The highest BCUT2D eigenvalue weighted by molar-refractivity contribution is 6.31. The number of oxime groups is 1. The molecule has 9 heteroatoms. The van der Waals surface area contributed by atoms with Gasteiger partial charge in [-0.15, -0.1) is 10.2 Å². The van der Waals surface area contributed by atoms with Gasteiger partial charge >= 0.3 is 0 Å². The lowest BCUT2D eigenvalue weighted by Crippen LogP contribution is -2.14. The second-order valence-corrected chi connectivity index (χ2v) is 4.81. The average Bonchev–Trinajstić information content (AvgIpc) is 2.96. The van der Waals surface area contributed by atoms with Crippen LogP contribution in [0, 0.1) is 11.6 Å². The highest BCUT2D eigenvalue weighted by atomic mass is 19.1. The van der Waals surface area contributed by atoms with Crippen molar-refractivity contribution >= 4 is 17.8 Å². The average molecular weight is 324 g/mol. The molecule has 1 amide bonds. The van der Waals surface area contributed by atoms with E-state index in [0.29, 0.717) is 12.0 Å². The van der Waals surface area contributed by atoms with Crippen molar-refractivity contribution in [3.8, 4) is 0 Å². The van der Waals surface area contributed by atoms with Crippen molar-refractivity contribution in [3.05, 3.63) is 41.6 Å². The fourth-order valence-electron chi connectivity index (χ4n) is 1.49. The Balaban J connectivity index is 1.81. The molecule has 122 valence electrons. The number of benzene rings is 1. The van der Waals surface area contributed by atoms with Crippen LogP contribution in [0.4, 0.5) is 14.5 Å². The quantitative estimate of drug-likeness (QED) is 0.651. The highest BCUT2D eigenvalue weighted by Gasteiger charge is 2.10. The van der Waals surface area contributed by atoms with Gasteiger partial charge in [-0.3, -0.25) is 4.79 Å². The van der Waals surface area contributed by atoms with E-state index in [1.54, 1.807) is 0 Å². The smallest absolute Gasteiger partial charge is 0.270 e. The third kappa shape index (κ3) is 4.83. The van der Waals surface area contributed by atoms with Gasteiger partial charge in [-0.25, -0.2) is 8.78 Å². The number of hydrogen-bond acceptors (Lipinski definition) is 6. The summed E-state index contributed by atoms with van der Waals surface area (Å²) in [4.78, 5) is 16.3. The first-order valence-electron chi connectivity index (χ1n) is 6.69. The van der Waals surface area contributed by atoms with E-state index in [1.807, 2.05) is 13.8 Å². The summed E-state index contributed by atoms with van der Waals surface area (Å²) in [6.07, 6.45) is 0.808. The topological polar surface area (TPSA) is 89.6 Å². The molecule has 1 aromatic carbocycles. The molecule has 0 radical (unpaired) electrons. The van der Waals surface area contributed by atoms with Gasteiger partial charge in [-0.05, 0) is 12.1 Å². The molecule has 23 heavy (non-hydrogen) atoms. The van der Waals surface area contributed by atoms with E-state index in [0.717, 1.165) is 18.3 Å². The first-order valence-corrected chi connectivity index (χ1v) is 6.69. The van der Waals surface area contributed by atoms with Crippen molar-refractivity contribution in [1.29, 1.82) is 0 Å². The van der Waals surface area contributed by atoms with Gasteiger partial charge in [0.1, 0.15) is 17.8 Å². The summed E-state index contributed by atoms with van der Waals surface area (Å²) in [6.45, 7) is 3.69. The zero-order chi connectivity index (χ0) is 16.8. The number of halogens is 2. The van der Waals surface area contributed by atoms with Crippen LogP contribution in [0.2, 0.25) is 0 Å². The molecule has 1 N–H and O–H groups in total. The maximum atomic E-state index is 13.3. The molecule has 0 saturated carbocycles. The Morgan fingerprint density at radius 3 is 2.87 bits per heavy atom. The molecular weight excluding hydrogens is 310 g/mol. The maximum Gasteiger partial charge on any atom is 0.270 e. The standard InChI is InChI=1S/C14H14F2N4O3/c1-8(2)14-20-19-13(23-14)7-22-17-6-12(21)18-11-4-3-9(15)5-10(11)16/h3-6,8H,7H2,1-2H3,(H,18,21). The minimum Gasteiger partial charge on any atom is -0.421 e. The molecule has 7 nitrogen and oxygen atoms in total. The van der Waals surface area contributed by atoms with Gasteiger partial charge in [-0.1, -0.05) is 19.0 Å². The Bertz CT molecular complexity index is 716. The molecule has 1 heterocycles. The van der Waals surface area contributed by atoms with E-state index in [2.05, 4.69) is 20.7 Å². The van der Waals surface area contributed by atoms with E-state index < -0.39 is 17.5 Å². The van der Waals surface area contributed by atoms with E-state index in [4.69, 9.17) is 9.25 Å². The minimum atomic E-state index is -0.889. The maximum absolute atomic E-state index is 13.3. The third-order valence-corrected chi connectivity index (χ3v) is 2.60. The fourth-order valence-corrected chi connectivity index (χ4v) is 1.49. The molecule has 0 bridgehead atoms. The number of aromatic nitrogens is 2. The van der Waals surface area contributed by atoms with Crippen LogP contribution in [-0.4, -0.2) is 22.3 Å². The van der Waals surface area contributed by atoms with Gasteiger partial charge in [-0.2, -0.15) is 0 Å². The molecular formula is C14H14F2N4O3. The zero-order valence-electron chi connectivity index (χ0n) is 12.4. The highest BCUT2D eigenvalue weighted by Crippen LogP contribution is 2.14. The van der Waals surface area contributed by atoms with Gasteiger partial charge < -0.3 is 14.6 Å². The van der Waals surface area contributed by atoms with E-state index in [9.17, 15) is 13.6 Å². The van der Waals surface area contributed by atoms with Crippen LogP contribution >= 0.6 is 0 Å². The van der Waals surface area contributed by atoms with Crippen LogP contribution in [-0.2, 0) is 16.2 Å². The predicted molar refractivity (Wildman–Crippen MR) is 76.7 cm³/mol. The monoisotopic (exact) mass is 324 g/mol. The second-order valence-electron chi connectivity index (χ2n) is 4.81. The first kappa shape index (κ1) is 16.5. The molecule has 0 unspecified atom stereocenters. The first-order chi connectivity index (χ1) is 11.0. The minimum absolute atomic E-state index is 0.0936. The van der Waals surface area contributed by atoms with Crippen LogP contribution in [0.15, 0.2) is 27.8 Å². The molecule has 1 aromatic heterocycles. The molecule has 0 aliphatic heterocycles. The summed E-state index contributed by atoms with van der Waals surface area (Å²) >= 11 is 0. The summed E-state index contributed by atoms with van der Waals surface area (Å²) in [6, 6.07) is 2.78. The van der Waals surface area contributed by atoms with Gasteiger partial charge in [0.15, 0.2) is 6.61 Å². The Kier molecular flexibility index (Phi) is 5.34.